The Morgan fingerprint density at radius 3 is 1.88 bits per heavy atom. The van der Waals surface area contributed by atoms with E-state index in [9.17, 15) is 24.3 Å². The first-order chi connectivity index (χ1) is 15.1. The summed E-state index contributed by atoms with van der Waals surface area (Å²) in [7, 11) is 0. The average Bonchev–Trinajstić information content (AvgIpc) is 2.75. The van der Waals surface area contributed by atoms with Crippen molar-refractivity contribution in [2.75, 3.05) is 13.2 Å². The van der Waals surface area contributed by atoms with Crippen molar-refractivity contribution in [3.05, 3.63) is 35.9 Å². The molecule has 178 valence electrons. The number of aliphatic carboxylic acids is 1. The number of hydrogen-bond donors (Lipinski definition) is 7. The lowest BCUT2D eigenvalue weighted by atomic mass is 10.0. The summed E-state index contributed by atoms with van der Waals surface area (Å²) in [6, 6.07) is 3.81. The third-order valence-corrected chi connectivity index (χ3v) is 4.59. The molecule has 0 saturated heterocycles. The number of aliphatic hydroxyl groups excluding tert-OH is 2. The quantitative estimate of drug-likeness (QED) is 0.181. The molecule has 4 atom stereocenters. The van der Waals surface area contributed by atoms with Crippen molar-refractivity contribution < 1.29 is 34.5 Å². The summed E-state index contributed by atoms with van der Waals surface area (Å²) in [5.74, 6) is -3.60. The highest BCUT2D eigenvalue weighted by Crippen LogP contribution is 2.08. The molecular formula is C21H32N4O7. The largest absolute Gasteiger partial charge is 0.480 e. The Kier molecular flexibility index (Phi) is 11.3. The first-order valence-corrected chi connectivity index (χ1v) is 10.2. The molecular weight excluding hydrogens is 420 g/mol. The number of nitrogens with two attached hydrogens (primary N) is 1. The Bertz CT molecular complexity index is 773. The van der Waals surface area contributed by atoms with Crippen LogP contribution in [0.15, 0.2) is 30.3 Å². The molecule has 0 spiro atoms. The fourth-order valence-corrected chi connectivity index (χ4v) is 2.85. The number of amides is 3. The van der Waals surface area contributed by atoms with Crippen molar-refractivity contribution in [3.63, 3.8) is 0 Å². The summed E-state index contributed by atoms with van der Waals surface area (Å²) >= 11 is 0. The van der Waals surface area contributed by atoms with Gasteiger partial charge in [-0.25, -0.2) is 4.79 Å². The van der Waals surface area contributed by atoms with Crippen molar-refractivity contribution in [1.29, 1.82) is 0 Å². The van der Waals surface area contributed by atoms with Gasteiger partial charge in [0.1, 0.15) is 24.2 Å². The number of carboxylic acids is 1. The number of aliphatic hydroxyl groups is 2. The maximum atomic E-state index is 12.9. The van der Waals surface area contributed by atoms with Gasteiger partial charge in [0.2, 0.25) is 17.7 Å². The Hall–Kier alpha value is -3.02. The third-order valence-electron chi connectivity index (χ3n) is 4.59. The van der Waals surface area contributed by atoms with Gasteiger partial charge in [-0.2, -0.15) is 0 Å². The highest BCUT2D eigenvalue weighted by molar-refractivity contribution is 5.94. The molecule has 1 aromatic rings. The van der Waals surface area contributed by atoms with E-state index in [0.29, 0.717) is 5.56 Å². The second kappa shape index (κ2) is 13.4. The van der Waals surface area contributed by atoms with Crippen molar-refractivity contribution in [2.24, 2.45) is 11.7 Å². The van der Waals surface area contributed by atoms with E-state index in [0.717, 1.165) is 0 Å². The molecule has 0 heterocycles. The minimum absolute atomic E-state index is 0.00332. The van der Waals surface area contributed by atoms with Crippen molar-refractivity contribution in [2.45, 2.75) is 50.9 Å². The van der Waals surface area contributed by atoms with Crippen LogP contribution in [-0.2, 0) is 25.6 Å². The van der Waals surface area contributed by atoms with Crippen LogP contribution < -0.4 is 21.7 Å². The molecule has 0 bridgehead atoms. The summed E-state index contributed by atoms with van der Waals surface area (Å²) in [6.45, 7) is 2.26. The van der Waals surface area contributed by atoms with E-state index in [2.05, 4.69) is 16.0 Å². The lowest BCUT2D eigenvalue weighted by Gasteiger charge is -2.25. The lowest BCUT2D eigenvalue weighted by Crippen LogP contribution is -2.58. The molecule has 0 aliphatic carbocycles. The first kappa shape index (κ1) is 27.0. The summed E-state index contributed by atoms with van der Waals surface area (Å²) in [5.41, 5.74) is 6.21. The van der Waals surface area contributed by atoms with Crippen LogP contribution in [0.3, 0.4) is 0 Å². The number of rotatable bonds is 13. The van der Waals surface area contributed by atoms with Gasteiger partial charge in [0.25, 0.3) is 0 Å². The van der Waals surface area contributed by atoms with Gasteiger partial charge in [-0.05, 0) is 17.9 Å². The summed E-state index contributed by atoms with van der Waals surface area (Å²) in [5, 5.41) is 34.6. The highest BCUT2D eigenvalue weighted by Gasteiger charge is 2.30. The standard InChI is InChI=1S/C21H32N4O7/c1-12(2)8-15(23-18(28)14(22)10-26)19(29)24-16(9-13-6-4-3-5-7-13)20(30)25-17(11-27)21(31)32/h3-7,12,14-17,26-27H,8-11,22H2,1-2H3,(H,23,28)(H,24,29)(H,25,30)(H,31,32). The predicted molar refractivity (Wildman–Crippen MR) is 115 cm³/mol. The molecule has 0 radical (unpaired) electrons. The molecule has 1 aromatic carbocycles. The van der Waals surface area contributed by atoms with Crippen molar-refractivity contribution in [3.8, 4) is 0 Å². The number of benzene rings is 1. The summed E-state index contributed by atoms with van der Waals surface area (Å²) < 4.78 is 0. The van der Waals surface area contributed by atoms with E-state index >= 15 is 0 Å². The number of carbonyl (C=O) groups excluding carboxylic acids is 3. The molecule has 32 heavy (non-hydrogen) atoms. The van der Waals surface area contributed by atoms with Crippen LogP contribution in [0.5, 0.6) is 0 Å². The van der Waals surface area contributed by atoms with Gasteiger partial charge in [-0.3, -0.25) is 14.4 Å². The maximum absolute atomic E-state index is 12.9. The van der Waals surface area contributed by atoms with Gasteiger partial charge in [0.15, 0.2) is 0 Å². The van der Waals surface area contributed by atoms with E-state index in [4.69, 9.17) is 15.9 Å². The van der Waals surface area contributed by atoms with Crippen LogP contribution in [0.25, 0.3) is 0 Å². The molecule has 3 amide bonds. The SMILES string of the molecule is CC(C)CC(NC(=O)C(N)CO)C(=O)NC(Cc1ccccc1)C(=O)NC(CO)C(=O)O. The summed E-state index contributed by atoms with van der Waals surface area (Å²) in [6.07, 6.45) is 0.290. The van der Waals surface area contributed by atoms with Gasteiger partial charge < -0.3 is 37.0 Å². The van der Waals surface area contributed by atoms with Gasteiger partial charge in [-0.1, -0.05) is 44.2 Å². The second-order valence-corrected chi connectivity index (χ2v) is 7.81. The van der Waals surface area contributed by atoms with Gasteiger partial charge in [0.05, 0.1) is 13.2 Å². The zero-order chi connectivity index (χ0) is 24.3. The number of carbonyl (C=O) groups is 4. The molecule has 11 heteroatoms. The van der Waals surface area contributed by atoms with Crippen molar-refractivity contribution >= 4 is 23.7 Å². The monoisotopic (exact) mass is 452 g/mol. The zero-order valence-electron chi connectivity index (χ0n) is 18.2. The van der Waals surface area contributed by atoms with Crippen LogP contribution in [0.2, 0.25) is 0 Å². The van der Waals surface area contributed by atoms with Crippen LogP contribution in [0.4, 0.5) is 0 Å². The maximum Gasteiger partial charge on any atom is 0.328 e. The second-order valence-electron chi connectivity index (χ2n) is 7.81. The molecule has 11 nitrogen and oxygen atoms in total. The van der Waals surface area contributed by atoms with Gasteiger partial charge in [-0.15, -0.1) is 0 Å². The molecule has 0 aromatic heterocycles. The van der Waals surface area contributed by atoms with Gasteiger partial charge >= 0.3 is 5.97 Å². The molecule has 8 N–H and O–H groups in total. The van der Waals surface area contributed by atoms with Gasteiger partial charge in [0, 0.05) is 6.42 Å². The molecule has 1 rings (SSSR count). The molecule has 0 fully saturated rings. The van der Waals surface area contributed by atoms with E-state index in [1.165, 1.54) is 0 Å². The topological polar surface area (TPSA) is 191 Å². The van der Waals surface area contributed by atoms with Crippen LogP contribution in [0, 0.1) is 5.92 Å². The average molecular weight is 453 g/mol. The van der Waals surface area contributed by atoms with Crippen LogP contribution >= 0.6 is 0 Å². The molecule has 0 saturated carbocycles. The zero-order valence-corrected chi connectivity index (χ0v) is 18.2. The van der Waals surface area contributed by atoms with Crippen LogP contribution in [0.1, 0.15) is 25.8 Å². The smallest absolute Gasteiger partial charge is 0.328 e. The fraction of sp³-hybridized carbons (Fsp3) is 0.524. The molecule has 0 aliphatic rings. The van der Waals surface area contributed by atoms with E-state index in [1.807, 2.05) is 13.8 Å². The van der Waals surface area contributed by atoms with Crippen molar-refractivity contribution in [1.82, 2.24) is 16.0 Å². The number of nitrogens with one attached hydrogen (secondary N) is 3. The third kappa shape index (κ3) is 9.00. The Morgan fingerprint density at radius 2 is 1.38 bits per heavy atom. The highest BCUT2D eigenvalue weighted by atomic mass is 16.4. The minimum atomic E-state index is -1.54. The molecule has 4 unspecified atom stereocenters. The normalized spacial score (nSPS) is 14.7. The number of carboxylic acid groups (broad SMARTS) is 1. The lowest BCUT2D eigenvalue weighted by molar-refractivity contribution is -0.143. The summed E-state index contributed by atoms with van der Waals surface area (Å²) in [4.78, 5) is 48.9. The first-order valence-electron chi connectivity index (χ1n) is 10.2. The predicted octanol–water partition coefficient (Wildman–Crippen LogP) is -1.87. The number of hydrogen-bond acceptors (Lipinski definition) is 7. The van der Waals surface area contributed by atoms with E-state index in [-0.39, 0.29) is 18.8 Å². The Labute approximate surface area is 186 Å². The van der Waals surface area contributed by atoms with E-state index in [1.54, 1.807) is 30.3 Å². The van der Waals surface area contributed by atoms with E-state index < -0.39 is 61.1 Å². The fourth-order valence-electron chi connectivity index (χ4n) is 2.85. The minimum Gasteiger partial charge on any atom is -0.480 e. The Morgan fingerprint density at radius 1 is 0.844 bits per heavy atom. The molecule has 0 aliphatic heterocycles. The Balaban J connectivity index is 3.07. The van der Waals surface area contributed by atoms with Crippen LogP contribution in [-0.4, -0.2) is 76.4 Å².